The molecule has 7 rings (SSSR count). The summed E-state index contributed by atoms with van der Waals surface area (Å²) < 4.78 is 11.3. The summed E-state index contributed by atoms with van der Waals surface area (Å²) in [7, 11) is 11.4. The van der Waals surface area contributed by atoms with Crippen LogP contribution in [0.15, 0.2) is 141 Å². The molecule has 0 atom stereocenters. The van der Waals surface area contributed by atoms with Crippen LogP contribution in [0.25, 0.3) is 0 Å². The number of carbonyl (C=O) groups is 3. The summed E-state index contributed by atoms with van der Waals surface area (Å²) in [5, 5.41) is 35.9. The predicted octanol–water partition coefficient (Wildman–Crippen LogP) is -3.39. The summed E-state index contributed by atoms with van der Waals surface area (Å²) in [5.41, 5.74) is 4.52. The molecule has 0 aliphatic carbocycles. The first-order chi connectivity index (χ1) is 31.9. The van der Waals surface area contributed by atoms with E-state index in [-0.39, 0.29) is 94.2 Å². The van der Waals surface area contributed by atoms with Crippen molar-refractivity contribution in [2.75, 3.05) is 55.6 Å². The zero-order valence-corrected chi connectivity index (χ0v) is 41.6. The maximum atomic E-state index is 13.7. The van der Waals surface area contributed by atoms with Crippen LogP contribution in [0.2, 0.25) is 0 Å². The van der Waals surface area contributed by atoms with E-state index in [0.29, 0.717) is 54.5 Å². The molecule has 1 aliphatic rings. The van der Waals surface area contributed by atoms with Gasteiger partial charge in [0.05, 0.1) is 99.5 Å². The number of anilines is 3. The van der Waals surface area contributed by atoms with Gasteiger partial charge in [0.1, 0.15) is 17.1 Å². The van der Waals surface area contributed by atoms with Gasteiger partial charge in [-0.25, -0.2) is 27.4 Å². The summed E-state index contributed by atoms with van der Waals surface area (Å²) in [6, 6.07) is 22.4. The first kappa shape index (κ1) is 54.4. The van der Waals surface area contributed by atoms with Crippen LogP contribution in [0.4, 0.5) is 52.0 Å². The third-order valence-corrected chi connectivity index (χ3v) is 10.9. The summed E-state index contributed by atoms with van der Waals surface area (Å²) in [5.74, 6) is 1.56. The molecule has 0 radical (unpaired) electrons. The monoisotopic (exact) mass is 1000 g/mol. The fraction of sp³-hybridized carbons (Fsp3) is 0.333. The Kier molecular flexibility index (Phi) is 20.3. The predicted molar refractivity (Wildman–Crippen MR) is 246 cm³/mol. The van der Waals surface area contributed by atoms with Crippen molar-refractivity contribution < 1.29 is 65.3 Å². The Morgan fingerprint density at radius 2 is 0.681 bits per heavy atom. The molecule has 21 nitrogen and oxygen atoms in total. The minimum absolute atomic E-state index is 0. The highest BCUT2D eigenvalue weighted by molar-refractivity contribution is 5.82. The van der Waals surface area contributed by atoms with Gasteiger partial charge < -0.3 is 67.9 Å². The van der Waals surface area contributed by atoms with E-state index in [9.17, 15) is 14.4 Å². The van der Waals surface area contributed by atoms with Gasteiger partial charge in [0, 0.05) is 71.3 Å². The van der Waals surface area contributed by atoms with E-state index >= 15 is 0 Å². The highest BCUT2D eigenvalue weighted by Crippen LogP contribution is 2.22. The Morgan fingerprint density at radius 1 is 0.435 bits per heavy atom. The first-order valence-electron chi connectivity index (χ1n) is 21.5. The van der Waals surface area contributed by atoms with Crippen molar-refractivity contribution in [3.63, 3.8) is 0 Å². The number of hydrogen-bond donors (Lipinski definition) is 3. The SMILES string of the molecule is Cn1cc[n+](C)c1N=Nc1ccc(NCCC(=O)N2CN(C(=O)CCNc3ccc(N=Nc4n(C)cc[n+]4C)cc3)CN(C(=O)CCNc3ccc(N=Nc4n(C)cc[n+]4C)cc3)C2)cc1.[Cl-].[Cl-].[Cl-]. The van der Waals surface area contributed by atoms with Crippen LogP contribution >= 0.6 is 0 Å². The number of nitrogens with zero attached hydrogens (tertiary/aromatic N) is 15. The second-order valence-electron chi connectivity index (χ2n) is 16.0. The maximum Gasteiger partial charge on any atom is 0.421 e. The lowest BCUT2D eigenvalue weighted by Gasteiger charge is -2.42. The standard InChI is InChI=1S/C45H54N18O3.3ClH/c1-55-25-26-56(2)43(55)52-49-37-13-7-34(8-14-37)46-22-19-40(64)61-31-62(41(65)20-23-47-35-9-15-38(16-10-35)50-53-44-57(3)27-28-58(44)4)33-63(32-61)42(66)21-24-48-36-11-17-39(18-12-36)51-54-45-59(5)29-30-60(45)6;;;/h7-18,25-30H,19-24,31-33H2,1-6H3;3*1H. The maximum absolute atomic E-state index is 13.7. The smallest absolute Gasteiger partial charge is 0.421 e. The minimum Gasteiger partial charge on any atom is -1.00 e. The number of carbonyl (C=O) groups excluding carboxylic acids is 3. The molecular formula is C45H57Cl3N18O3. The number of rotatable bonds is 18. The average molecular weight is 1000 g/mol. The number of nitrogens with one attached hydrogen (secondary N) is 3. The van der Waals surface area contributed by atoms with Crippen molar-refractivity contribution in [2.24, 2.45) is 73.0 Å². The van der Waals surface area contributed by atoms with Gasteiger partial charge in [-0.2, -0.15) is 0 Å². The number of benzene rings is 3. The fourth-order valence-electron chi connectivity index (χ4n) is 7.06. The Hall–Kier alpha value is -7.23. The van der Waals surface area contributed by atoms with E-state index in [4.69, 9.17) is 0 Å². The first-order valence-corrected chi connectivity index (χ1v) is 21.5. The Bertz CT molecular complexity index is 2360. The summed E-state index contributed by atoms with van der Waals surface area (Å²) in [4.78, 5) is 45.8. The molecule has 1 saturated heterocycles. The molecule has 0 spiro atoms. The van der Waals surface area contributed by atoms with Crippen molar-refractivity contribution >= 4 is 69.7 Å². The van der Waals surface area contributed by atoms with Crippen LogP contribution in [-0.2, 0) is 56.7 Å². The molecule has 0 saturated carbocycles. The van der Waals surface area contributed by atoms with E-state index in [0.717, 1.165) is 17.1 Å². The zero-order chi connectivity index (χ0) is 46.6. The second-order valence-corrected chi connectivity index (χ2v) is 16.0. The highest BCUT2D eigenvalue weighted by atomic mass is 35.5. The van der Waals surface area contributed by atoms with E-state index in [2.05, 4.69) is 46.6 Å². The highest BCUT2D eigenvalue weighted by Gasteiger charge is 2.31. The molecule has 3 amide bonds. The summed E-state index contributed by atoms with van der Waals surface area (Å²) in [6.07, 6.45) is 11.9. The molecule has 1 fully saturated rings. The molecule has 1 aliphatic heterocycles. The van der Waals surface area contributed by atoms with Gasteiger partial charge in [0.25, 0.3) is 0 Å². The topological polar surface area (TPSA) is 198 Å². The van der Waals surface area contributed by atoms with Crippen molar-refractivity contribution in [1.82, 2.24) is 28.4 Å². The molecule has 3 N–H and O–H groups in total. The number of aromatic nitrogens is 6. The molecule has 3 aromatic heterocycles. The molecule has 0 bridgehead atoms. The van der Waals surface area contributed by atoms with Crippen LogP contribution in [0, 0.1) is 0 Å². The molecule has 3 aromatic carbocycles. The summed E-state index contributed by atoms with van der Waals surface area (Å²) in [6.45, 7) is 1.26. The quantitative estimate of drug-likeness (QED) is 0.0594. The lowest BCUT2D eigenvalue weighted by Crippen LogP contribution is -3.00. The number of imidazole rings is 3. The number of aryl methyl sites for hydroxylation is 6. The number of amides is 3. The number of hydrogen-bond acceptors (Lipinski definition) is 12. The lowest BCUT2D eigenvalue weighted by molar-refractivity contribution is -0.657. The largest absolute Gasteiger partial charge is 1.00 e. The number of halogens is 3. The van der Waals surface area contributed by atoms with Gasteiger partial charge in [-0.1, -0.05) is 15.3 Å². The molecule has 4 heterocycles. The molecule has 6 aromatic rings. The van der Waals surface area contributed by atoms with E-state index < -0.39 is 0 Å². The average Bonchev–Trinajstić information content (AvgIpc) is 3.95. The minimum atomic E-state index is -0.189. The van der Waals surface area contributed by atoms with Crippen molar-refractivity contribution in [3.8, 4) is 0 Å². The molecule has 69 heavy (non-hydrogen) atoms. The van der Waals surface area contributed by atoms with Crippen molar-refractivity contribution in [1.29, 1.82) is 0 Å². The van der Waals surface area contributed by atoms with Crippen LogP contribution in [0.1, 0.15) is 19.3 Å². The Labute approximate surface area is 419 Å². The van der Waals surface area contributed by atoms with Crippen LogP contribution in [-0.4, -0.2) is 85.8 Å². The van der Waals surface area contributed by atoms with Crippen LogP contribution in [0.5, 0.6) is 0 Å². The van der Waals surface area contributed by atoms with E-state index in [1.165, 1.54) is 0 Å². The van der Waals surface area contributed by atoms with Gasteiger partial charge >= 0.3 is 17.8 Å². The fourth-order valence-corrected chi connectivity index (χ4v) is 7.06. The molecular weight excluding hydrogens is 947 g/mol. The van der Waals surface area contributed by atoms with Crippen molar-refractivity contribution in [2.45, 2.75) is 19.3 Å². The van der Waals surface area contributed by atoms with Gasteiger partial charge in [0.15, 0.2) is 0 Å². The lowest BCUT2D eigenvalue weighted by atomic mass is 10.2. The second kappa shape index (κ2) is 25.8. The molecule has 24 heteroatoms. The van der Waals surface area contributed by atoms with E-state index in [1.54, 1.807) is 14.7 Å². The molecule has 366 valence electrons. The van der Waals surface area contributed by atoms with Gasteiger partial charge in [-0.3, -0.25) is 14.4 Å². The van der Waals surface area contributed by atoms with Gasteiger partial charge in [0.2, 0.25) is 17.7 Å². The Balaban J connectivity index is 0.00000346. The zero-order valence-electron chi connectivity index (χ0n) is 39.3. The molecule has 0 unspecified atom stereocenters. The normalized spacial score (nSPS) is 12.5. The van der Waals surface area contributed by atoms with E-state index in [1.807, 2.05) is 180 Å². The third kappa shape index (κ3) is 14.9. The van der Waals surface area contributed by atoms with Gasteiger partial charge in [-0.05, 0) is 72.8 Å². The van der Waals surface area contributed by atoms with Crippen LogP contribution in [0.3, 0.4) is 0 Å². The summed E-state index contributed by atoms with van der Waals surface area (Å²) >= 11 is 0. The van der Waals surface area contributed by atoms with Gasteiger partial charge in [-0.15, -0.1) is 0 Å². The number of azo groups is 3. The third-order valence-electron chi connectivity index (χ3n) is 10.9. The van der Waals surface area contributed by atoms with Crippen LogP contribution < -0.4 is 66.9 Å². The van der Waals surface area contributed by atoms with Crippen molar-refractivity contribution in [3.05, 3.63) is 110 Å². The Morgan fingerprint density at radius 3 is 0.899 bits per heavy atom.